The minimum Gasteiger partial charge on any atom is -0.300 e. The van der Waals surface area contributed by atoms with Gasteiger partial charge >= 0.3 is 0 Å². The maximum Gasteiger partial charge on any atom is 0.0926 e. The molecule has 0 spiro atoms. The molecular weight excluding hydrogens is 152 g/mol. The van der Waals surface area contributed by atoms with E-state index in [2.05, 4.69) is 4.90 Å². The van der Waals surface area contributed by atoms with Crippen LogP contribution in [0.5, 0.6) is 0 Å². The van der Waals surface area contributed by atoms with Gasteiger partial charge in [-0.05, 0) is 19.3 Å². The van der Waals surface area contributed by atoms with E-state index in [1.165, 1.54) is 32.2 Å². The third-order valence-corrected chi connectivity index (χ3v) is 3.21. The number of likely N-dealkylation sites (tertiary alicyclic amines) is 1. The second kappa shape index (κ2) is 3.73. The highest BCUT2D eigenvalue weighted by molar-refractivity contribution is 4.84. The molecular formula is C9H18N2O. The van der Waals surface area contributed by atoms with Crippen LogP contribution in [0.3, 0.4) is 0 Å². The van der Waals surface area contributed by atoms with Crippen molar-refractivity contribution in [2.24, 2.45) is 5.90 Å². The Bertz CT molecular complexity index is 145. The van der Waals surface area contributed by atoms with Crippen LogP contribution in [0, 0.1) is 0 Å². The third kappa shape index (κ3) is 1.63. The van der Waals surface area contributed by atoms with Gasteiger partial charge in [-0.1, -0.05) is 12.8 Å². The van der Waals surface area contributed by atoms with Crippen molar-refractivity contribution in [1.82, 2.24) is 4.90 Å². The topological polar surface area (TPSA) is 38.5 Å². The quantitative estimate of drug-likeness (QED) is 0.626. The zero-order chi connectivity index (χ0) is 8.39. The van der Waals surface area contributed by atoms with Crippen molar-refractivity contribution in [1.29, 1.82) is 0 Å². The fourth-order valence-electron chi connectivity index (χ4n) is 2.47. The normalized spacial score (nSPS) is 33.2. The van der Waals surface area contributed by atoms with Crippen molar-refractivity contribution < 1.29 is 4.84 Å². The zero-order valence-corrected chi connectivity index (χ0v) is 7.54. The van der Waals surface area contributed by atoms with Crippen LogP contribution >= 0.6 is 0 Å². The van der Waals surface area contributed by atoms with E-state index in [-0.39, 0.29) is 0 Å². The van der Waals surface area contributed by atoms with Crippen molar-refractivity contribution in [3.63, 3.8) is 0 Å². The second-order valence-electron chi connectivity index (χ2n) is 3.98. The van der Waals surface area contributed by atoms with Crippen LogP contribution in [0.1, 0.15) is 32.1 Å². The highest BCUT2D eigenvalue weighted by Crippen LogP contribution is 2.26. The monoisotopic (exact) mass is 170 g/mol. The Morgan fingerprint density at radius 2 is 1.92 bits per heavy atom. The summed E-state index contributed by atoms with van der Waals surface area (Å²) in [5.74, 6) is 5.17. The smallest absolute Gasteiger partial charge is 0.0926 e. The Morgan fingerprint density at radius 1 is 1.17 bits per heavy atom. The predicted octanol–water partition coefficient (Wildman–Crippen LogP) is 0.894. The summed E-state index contributed by atoms with van der Waals surface area (Å²) in [6.45, 7) is 2.24. The summed E-state index contributed by atoms with van der Waals surface area (Å²) < 4.78 is 0. The largest absolute Gasteiger partial charge is 0.300 e. The molecule has 2 rings (SSSR count). The van der Waals surface area contributed by atoms with Gasteiger partial charge in [-0.25, -0.2) is 5.90 Å². The molecule has 0 aromatic carbocycles. The first kappa shape index (κ1) is 8.48. The van der Waals surface area contributed by atoms with Gasteiger partial charge in [0, 0.05) is 19.1 Å². The van der Waals surface area contributed by atoms with Gasteiger partial charge < -0.3 is 0 Å². The number of rotatable bonds is 2. The summed E-state index contributed by atoms with van der Waals surface area (Å²) in [5, 5.41) is 0. The molecule has 0 bridgehead atoms. The highest BCUT2D eigenvalue weighted by atomic mass is 16.6. The molecule has 2 fully saturated rings. The summed E-state index contributed by atoms with van der Waals surface area (Å²) in [4.78, 5) is 7.41. The van der Waals surface area contributed by atoms with Gasteiger partial charge in [0.15, 0.2) is 0 Å². The summed E-state index contributed by atoms with van der Waals surface area (Å²) in [5.41, 5.74) is 0. The Morgan fingerprint density at radius 3 is 2.50 bits per heavy atom. The Balaban J connectivity index is 1.81. The Kier molecular flexibility index (Phi) is 2.63. The molecule has 1 unspecified atom stereocenters. The van der Waals surface area contributed by atoms with Crippen LogP contribution in [0.2, 0.25) is 0 Å². The molecule has 3 heteroatoms. The molecule has 1 saturated carbocycles. The van der Waals surface area contributed by atoms with E-state index >= 15 is 0 Å². The van der Waals surface area contributed by atoms with Crippen molar-refractivity contribution in [2.75, 3.05) is 13.1 Å². The van der Waals surface area contributed by atoms with Crippen LogP contribution < -0.4 is 5.90 Å². The number of hydrogen-bond acceptors (Lipinski definition) is 3. The van der Waals surface area contributed by atoms with Gasteiger partial charge in [-0.15, -0.1) is 0 Å². The molecule has 0 amide bonds. The molecule has 1 aliphatic carbocycles. The number of nitrogens with zero attached hydrogens (tertiary/aromatic N) is 1. The molecule has 0 aromatic heterocycles. The molecule has 1 saturated heterocycles. The van der Waals surface area contributed by atoms with Crippen LogP contribution in [-0.2, 0) is 4.84 Å². The summed E-state index contributed by atoms with van der Waals surface area (Å²) in [7, 11) is 0. The standard InChI is InChI=1S/C9H18N2O/c10-12-9-5-6-11(7-9)8-3-1-2-4-8/h8-9H,1-7,10H2. The van der Waals surface area contributed by atoms with Crippen LogP contribution in [0.15, 0.2) is 0 Å². The molecule has 12 heavy (non-hydrogen) atoms. The first-order valence-corrected chi connectivity index (χ1v) is 5.00. The Labute approximate surface area is 73.8 Å². The lowest BCUT2D eigenvalue weighted by atomic mass is 10.2. The van der Waals surface area contributed by atoms with E-state index in [0.29, 0.717) is 6.10 Å². The fraction of sp³-hybridized carbons (Fsp3) is 1.00. The first-order chi connectivity index (χ1) is 5.90. The SMILES string of the molecule is NOC1CCN(C2CCCC2)C1. The molecule has 2 N–H and O–H groups in total. The number of nitrogens with two attached hydrogens (primary N) is 1. The lowest BCUT2D eigenvalue weighted by molar-refractivity contribution is 0.0556. The van der Waals surface area contributed by atoms with Crippen LogP contribution in [-0.4, -0.2) is 30.1 Å². The van der Waals surface area contributed by atoms with E-state index in [4.69, 9.17) is 10.7 Å². The van der Waals surface area contributed by atoms with Crippen LogP contribution in [0.4, 0.5) is 0 Å². The molecule has 0 aromatic rings. The average molecular weight is 170 g/mol. The van der Waals surface area contributed by atoms with Gasteiger partial charge in [0.1, 0.15) is 0 Å². The van der Waals surface area contributed by atoms with Gasteiger partial charge in [0.25, 0.3) is 0 Å². The minimum atomic E-state index is 0.297. The average Bonchev–Trinajstić information content (AvgIpc) is 2.75. The van der Waals surface area contributed by atoms with Crippen molar-refractivity contribution in [3.05, 3.63) is 0 Å². The zero-order valence-electron chi connectivity index (χ0n) is 7.54. The van der Waals surface area contributed by atoms with E-state index < -0.39 is 0 Å². The van der Waals surface area contributed by atoms with E-state index in [0.717, 1.165) is 19.0 Å². The predicted molar refractivity (Wildman–Crippen MR) is 47.5 cm³/mol. The van der Waals surface area contributed by atoms with Crippen molar-refractivity contribution >= 4 is 0 Å². The molecule has 1 atom stereocenters. The van der Waals surface area contributed by atoms with E-state index in [1.54, 1.807) is 0 Å². The van der Waals surface area contributed by atoms with Crippen LogP contribution in [0.25, 0.3) is 0 Å². The molecule has 1 aliphatic heterocycles. The first-order valence-electron chi connectivity index (χ1n) is 5.00. The Hall–Kier alpha value is -0.120. The van der Waals surface area contributed by atoms with Gasteiger partial charge in [-0.3, -0.25) is 9.74 Å². The third-order valence-electron chi connectivity index (χ3n) is 3.21. The molecule has 0 radical (unpaired) electrons. The lowest BCUT2D eigenvalue weighted by Gasteiger charge is -2.22. The summed E-state index contributed by atoms with van der Waals surface area (Å²) in [6.07, 6.45) is 7.01. The molecule has 3 nitrogen and oxygen atoms in total. The molecule has 1 heterocycles. The van der Waals surface area contributed by atoms with Gasteiger partial charge in [0.2, 0.25) is 0 Å². The second-order valence-corrected chi connectivity index (χ2v) is 3.98. The maximum absolute atomic E-state index is 5.17. The van der Waals surface area contributed by atoms with Crippen molar-refractivity contribution in [3.8, 4) is 0 Å². The van der Waals surface area contributed by atoms with E-state index in [9.17, 15) is 0 Å². The maximum atomic E-state index is 5.17. The van der Waals surface area contributed by atoms with Gasteiger partial charge in [0.05, 0.1) is 6.10 Å². The van der Waals surface area contributed by atoms with E-state index in [1.807, 2.05) is 0 Å². The minimum absolute atomic E-state index is 0.297. The number of hydrogen-bond donors (Lipinski definition) is 1. The van der Waals surface area contributed by atoms with Gasteiger partial charge in [-0.2, -0.15) is 0 Å². The summed E-state index contributed by atoms with van der Waals surface area (Å²) >= 11 is 0. The summed E-state index contributed by atoms with van der Waals surface area (Å²) in [6, 6.07) is 0.838. The highest BCUT2D eigenvalue weighted by Gasteiger charge is 2.29. The lowest BCUT2D eigenvalue weighted by Crippen LogP contribution is -2.32. The molecule has 2 aliphatic rings. The fourth-order valence-corrected chi connectivity index (χ4v) is 2.47. The van der Waals surface area contributed by atoms with Crippen molar-refractivity contribution in [2.45, 2.75) is 44.2 Å². The molecule has 70 valence electrons.